The quantitative estimate of drug-likeness (QED) is 0.236. The van der Waals surface area contributed by atoms with Crippen LogP contribution >= 0.6 is 0 Å². The summed E-state index contributed by atoms with van der Waals surface area (Å²) in [6.07, 6.45) is 2.15. The first kappa shape index (κ1) is 22.5. The molecule has 0 amide bonds. The van der Waals surface area contributed by atoms with Crippen molar-refractivity contribution in [3.05, 3.63) is 146 Å². The van der Waals surface area contributed by atoms with E-state index in [2.05, 4.69) is 137 Å². The second-order valence-electron chi connectivity index (χ2n) is 9.94. The number of hydrogen-bond acceptors (Lipinski definition) is 2. The van der Waals surface area contributed by atoms with Crippen LogP contribution in [-0.2, 0) is 0 Å². The maximum atomic E-state index is 5.19. The first-order valence-electron chi connectivity index (χ1n) is 13.4. The molecular formula is C36H24N4. The van der Waals surface area contributed by atoms with Crippen molar-refractivity contribution < 1.29 is 0 Å². The number of benzene rings is 5. The van der Waals surface area contributed by atoms with Crippen molar-refractivity contribution >= 4 is 32.7 Å². The fourth-order valence-corrected chi connectivity index (χ4v) is 5.75. The lowest BCUT2D eigenvalue weighted by atomic mass is 10.1. The Morgan fingerprint density at radius 1 is 0.450 bits per heavy atom. The molecule has 8 aromatic rings. The van der Waals surface area contributed by atoms with Crippen molar-refractivity contribution in [3.8, 4) is 34.2 Å². The number of rotatable bonds is 4. The van der Waals surface area contributed by atoms with Gasteiger partial charge in [0.2, 0.25) is 5.95 Å². The molecule has 5 aromatic carbocycles. The third kappa shape index (κ3) is 3.54. The summed E-state index contributed by atoms with van der Waals surface area (Å²) in [6, 6.07) is 48.4. The molecule has 0 aliphatic carbocycles. The van der Waals surface area contributed by atoms with Gasteiger partial charge in [-0.05, 0) is 36.4 Å². The Labute approximate surface area is 231 Å². The summed E-state index contributed by atoms with van der Waals surface area (Å²) in [7, 11) is 0. The topological polar surface area (TPSA) is 35.6 Å². The minimum atomic E-state index is 0.659. The summed E-state index contributed by atoms with van der Waals surface area (Å²) < 4.78 is 4.48. The summed E-state index contributed by atoms with van der Waals surface area (Å²) >= 11 is 0. The predicted octanol–water partition coefficient (Wildman–Crippen LogP) is 8.85. The van der Waals surface area contributed by atoms with Gasteiger partial charge in [0.15, 0.2) is 0 Å². The van der Waals surface area contributed by atoms with Gasteiger partial charge in [-0.3, -0.25) is 4.57 Å². The molecule has 0 aliphatic rings. The van der Waals surface area contributed by atoms with Crippen LogP contribution in [0.2, 0.25) is 0 Å². The molecule has 188 valence electrons. The van der Waals surface area contributed by atoms with Crippen LogP contribution in [0.4, 0.5) is 0 Å². The molecule has 3 heterocycles. The van der Waals surface area contributed by atoms with Gasteiger partial charge in [0.1, 0.15) is 0 Å². The molecule has 0 spiro atoms. The monoisotopic (exact) mass is 512 g/mol. The Morgan fingerprint density at radius 2 is 1.05 bits per heavy atom. The lowest BCUT2D eigenvalue weighted by Crippen LogP contribution is -2.04. The highest BCUT2D eigenvalue weighted by molar-refractivity contribution is 6.18. The zero-order chi connectivity index (χ0) is 26.5. The van der Waals surface area contributed by atoms with Crippen molar-refractivity contribution in [1.29, 1.82) is 0 Å². The SMILES string of the molecule is c1ccc(-c2cc(-c3ccccc3)nc(-n3c4ccccc4c4ccc5c(ccn5-c5ccccc5)c43)n2)cc1. The van der Waals surface area contributed by atoms with Crippen LogP contribution in [-0.4, -0.2) is 19.1 Å². The summed E-state index contributed by atoms with van der Waals surface area (Å²) in [4.78, 5) is 10.4. The van der Waals surface area contributed by atoms with E-state index >= 15 is 0 Å². The van der Waals surface area contributed by atoms with Gasteiger partial charge in [-0.2, -0.15) is 0 Å². The zero-order valence-electron chi connectivity index (χ0n) is 21.6. The molecule has 40 heavy (non-hydrogen) atoms. The molecule has 4 heteroatoms. The molecular weight excluding hydrogens is 488 g/mol. The van der Waals surface area contributed by atoms with Crippen LogP contribution in [0.25, 0.3) is 66.9 Å². The largest absolute Gasteiger partial charge is 0.316 e. The van der Waals surface area contributed by atoms with E-state index in [9.17, 15) is 0 Å². The Morgan fingerprint density at radius 3 is 1.73 bits per heavy atom. The lowest BCUT2D eigenvalue weighted by Gasteiger charge is -2.12. The highest BCUT2D eigenvalue weighted by Crippen LogP contribution is 2.37. The van der Waals surface area contributed by atoms with Gasteiger partial charge in [-0.1, -0.05) is 103 Å². The van der Waals surface area contributed by atoms with Gasteiger partial charge in [0, 0.05) is 39.2 Å². The molecule has 0 radical (unpaired) electrons. The van der Waals surface area contributed by atoms with Crippen LogP contribution < -0.4 is 0 Å². The average molecular weight is 513 g/mol. The predicted molar refractivity (Wildman–Crippen MR) is 164 cm³/mol. The standard InChI is InChI=1S/C36H24N4/c1-4-12-25(13-5-1)31-24-32(26-14-6-2-7-15-26)38-36(37-31)40-34-19-11-10-18-28(34)29-20-21-33-30(35(29)40)22-23-39(33)27-16-8-3-9-17-27/h1-24H. The molecule has 3 aromatic heterocycles. The van der Waals surface area contributed by atoms with Crippen LogP contribution in [0.5, 0.6) is 0 Å². The van der Waals surface area contributed by atoms with E-state index in [1.165, 1.54) is 10.8 Å². The molecule has 4 nitrogen and oxygen atoms in total. The Bertz CT molecular complexity index is 2080. The first-order chi connectivity index (χ1) is 19.8. The number of aromatic nitrogens is 4. The molecule has 0 saturated heterocycles. The summed E-state index contributed by atoms with van der Waals surface area (Å²) in [6.45, 7) is 0. The first-order valence-corrected chi connectivity index (χ1v) is 13.4. The second-order valence-corrected chi connectivity index (χ2v) is 9.94. The fraction of sp³-hybridized carbons (Fsp3) is 0. The highest BCUT2D eigenvalue weighted by Gasteiger charge is 2.19. The summed E-state index contributed by atoms with van der Waals surface area (Å²) in [5, 5.41) is 3.53. The minimum Gasteiger partial charge on any atom is -0.316 e. The Balaban J connectivity index is 1.48. The van der Waals surface area contributed by atoms with Gasteiger partial charge in [0.05, 0.1) is 27.9 Å². The molecule has 0 unspecified atom stereocenters. The Kier molecular flexibility index (Phi) is 5.10. The van der Waals surface area contributed by atoms with E-state index in [1.54, 1.807) is 0 Å². The maximum Gasteiger partial charge on any atom is 0.235 e. The van der Waals surface area contributed by atoms with Gasteiger partial charge in [-0.25, -0.2) is 9.97 Å². The third-order valence-electron chi connectivity index (χ3n) is 7.59. The van der Waals surface area contributed by atoms with E-state index in [0.717, 1.165) is 50.1 Å². The maximum absolute atomic E-state index is 5.19. The van der Waals surface area contributed by atoms with Crippen molar-refractivity contribution in [1.82, 2.24) is 19.1 Å². The molecule has 0 saturated carbocycles. The Hall–Kier alpha value is -5.48. The van der Waals surface area contributed by atoms with Gasteiger partial charge in [-0.15, -0.1) is 0 Å². The number of para-hydroxylation sites is 2. The number of fused-ring (bicyclic) bond motifs is 5. The van der Waals surface area contributed by atoms with E-state index in [4.69, 9.17) is 9.97 Å². The van der Waals surface area contributed by atoms with Crippen molar-refractivity contribution in [3.63, 3.8) is 0 Å². The van der Waals surface area contributed by atoms with Crippen LogP contribution in [0, 0.1) is 0 Å². The molecule has 8 rings (SSSR count). The summed E-state index contributed by atoms with van der Waals surface area (Å²) in [5.74, 6) is 0.659. The zero-order valence-corrected chi connectivity index (χ0v) is 21.6. The number of nitrogens with zero attached hydrogens (tertiary/aromatic N) is 4. The van der Waals surface area contributed by atoms with Crippen molar-refractivity contribution in [2.45, 2.75) is 0 Å². The smallest absolute Gasteiger partial charge is 0.235 e. The van der Waals surface area contributed by atoms with Gasteiger partial charge < -0.3 is 4.57 Å². The third-order valence-corrected chi connectivity index (χ3v) is 7.59. The van der Waals surface area contributed by atoms with Gasteiger partial charge in [0.25, 0.3) is 0 Å². The van der Waals surface area contributed by atoms with Crippen molar-refractivity contribution in [2.24, 2.45) is 0 Å². The lowest BCUT2D eigenvalue weighted by molar-refractivity contribution is 0.998. The second kappa shape index (κ2) is 9.07. The minimum absolute atomic E-state index is 0.659. The molecule has 0 atom stereocenters. The number of hydrogen-bond donors (Lipinski definition) is 0. The molecule has 0 bridgehead atoms. The van der Waals surface area contributed by atoms with E-state index in [1.807, 2.05) is 18.2 Å². The van der Waals surface area contributed by atoms with Crippen LogP contribution in [0.15, 0.2) is 146 Å². The van der Waals surface area contributed by atoms with E-state index in [-0.39, 0.29) is 0 Å². The van der Waals surface area contributed by atoms with E-state index in [0.29, 0.717) is 5.95 Å². The van der Waals surface area contributed by atoms with E-state index < -0.39 is 0 Å². The van der Waals surface area contributed by atoms with Crippen LogP contribution in [0.3, 0.4) is 0 Å². The molecule has 0 N–H and O–H groups in total. The molecule has 0 aliphatic heterocycles. The average Bonchev–Trinajstić information content (AvgIpc) is 3.62. The highest BCUT2D eigenvalue weighted by atomic mass is 15.2. The summed E-state index contributed by atoms with van der Waals surface area (Å²) in [5.41, 5.74) is 8.38. The normalized spacial score (nSPS) is 11.5. The van der Waals surface area contributed by atoms with Gasteiger partial charge >= 0.3 is 0 Å². The van der Waals surface area contributed by atoms with Crippen molar-refractivity contribution in [2.75, 3.05) is 0 Å². The fourth-order valence-electron chi connectivity index (χ4n) is 5.75. The molecule has 0 fully saturated rings. The van der Waals surface area contributed by atoms with Crippen LogP contribution in [0.1, 0.15) is 0 Å².